The van der Waals surface area contributed by atoms with E-state index >= 15 is 0 Å². The minimum Gasteiger partial charge on any atom is -0.397 e. The van der Waals surface area contributed by atoms with Gasteiger partial charge in [0.15, 0.2) is 0 Å². The molecule has 0 bridgehead atoms. The Morgan fingerprint density at radius 1 is 1.36 bits per heavy atom. The van der Waals surface area contributed by atoms with Crippen LogP contribution in [0.3, 0.4) is 0 Å². The number of hydrogen-bond acceptors (Lipinski definition) is 3. The number of para-hydroxylation sites is 1. The van der Waals surface area contributed by atoms with E-state index in [0.717, 1.165) is 16.9 Å². The van der Waals surface area contributed by atoms with E-state index in [0.29, 0.717) is 0 Å². The lowest BCUT2D eigenvalue weighted by atomic mass is 10.2. The molecule has 0 saturated carbocycles. The summed E-state index contributed by atoms with van der Waals surface area (Å²) < 4.78 is 0. The molecule has 3 nitrogen and oxygen atoms in total. The van der Waals surface area contributed by atoms with Crippen molar-refractivity contribution in [3.63, 3.8) is 0 Å². The van der Waals surface area contributed by atoms with Crippen molar-refractivity contribution in [1.29, 1.82) is 0 Å². The Bertz CT molecular complexity index is 256. The number of anilines is 2. The molecule has 4 N–H and O–H groups in total. The van der Waals surface area contributed by atoms with Gasteiger partial charge in [-0.15, -0.1) is 0 Å². The fourth-order valence-electron chi connectivity index (χ4n) is 0.973. The molecule has 0 aliphatic rings. The maximum Gasteiger partial charge on any atom is 0.0746 e. The highest BCUT2D eigenvalue weighted by molar-refractivity contribution is 5.69. The molecule has 0 atom stereocenters. The van der Waals surface area contributed by atoms with Gasteiger partial charge in [-0.25, -0.2) is 5.84 Å². The van der Waals surface area contributed by atoms with Crippen LogP contribution in [0, 0.1) is 6.92 Å². The fraction of sp³-hybridized carbons (Fsp3) is 0.250. The molecular weight excluding hydrogens is 138 g/mol. The van der Waals surface area contributed by atoms with Crippen molar-refractivity contribution in [2.24, 2.45) is 5.84 Å². The van der Waals surface area contributed by atoms with Crippen LogP contribution < -0.4 is 16.6 Å². The van der Waals surface area contributed by atoms with Gasteiger partial charge in [0.25, 0.3) is 0 Å². The maximum atomic E-state index is 5.76. The molecule has 0 aliphatic carbocycles. The van der Waals surface area contributed by atoms with Crippen molar-refractivity contribution in [1.82, 2.24) is 0 Å². The van der Waals surface area contributed by atoms with Gasteiger partial charge in [-0.3, -0.25) is 0 Å². The number of hydrogen-bond donors (Lipinski definition) is 2. The van der Waals surface area contributed by atoms with Crippen LogP contribution in [-0.4, -0.2) is 7.05 Å². The van der Waals surface area contributed by atoms with Crippen LogP contribution in [0.25, 0.3) is 0 Å². The monoisotopic (exact) mass is 151 g/mol. The number of aryl methyl sites for hydroxylation is 1. The zero-order valence-electron chi connectivity index (χ0n) is 6.83. The van der Waals surface area contributed by atoms with Gasteiger partial charge in [0.2, 0.25) is 0 Å². The zero-order chi connectivity index (χ0) is 8.43. The van der Waals surface area contributed by atoms with Crippen molar-refractivity contribution >= 4 is 11.4 Å². The fourth-order valence-corrected chi connectivity index (χ4v) is 0.973. The predicted octanol–water partition coefficient (Wildman–Crippen LogP) is 0.887. The zero-order valence-corrected chi connectivity index (χ0v) is 6.83. The topological polar surface area (TPSA) is 55.3 Å². The molecule has 0 fully saturated rings. The van der Waals surface area contributed by atoms with Crippen LogP contribution in [0.5, 0.6) is 0 Å². The van der Waals surface area contributed by atoms with E-state index in [1.165, 1.54) is 5.01 Å². The van der Waals surface area contributed by atoms with E-state index in [1.807, 2.05) is 25.1 Å². The molecule has 3 heteroatoms. The summed E-state index contributed by atoms with van der Waals surface area (Å²) in [5, 5.41) is 1.52. The molecular formula is C8H13N3. The van der Waals surface area contributed by atoms with Gasteiger partial charge in [0.1, 0.15) is 0 Å². The largest absolute Gasteiger partial charge is 0.397 e. The van der Waals surface area contributed by atoms with Gasteiger partial charge in [0.05, 0.1) is 11.4 Å². The standard InChI is InChI=1S/C8H13N3/c1-6-4-3-5-7(8(6)9)11(2)10/h3-5H,9-10H2,1-2H3. The highest BCUT2D eigenvalue weighted by Crippen LogP contribution is 2.22. The molecule has 0 unspecified atom stereocenters. The Balaban J connectivity index is 3.17. The molecule has 0 aromatic heterocycles. The van der Waals surface area contributed by atoms with Crippen molar-refractivity contribution in [3.8, 4) is 0 Å². The first-order valence-corrected chi connectivity index (χ1v) is 3.46. The molecule has 1 aromatic rings. The van der Waals surface area contributed by atoms with E-state index in [2.05, 4.69) is 0 Å². The van der Waals surface area contributed by atoms with E-state index in [4.69, 9.17) is 11.6 Å². The molecule has 0 amide bonds. The van der Waals surface area contributed by atoms with Crippen LogP contribution in [0.4, 0.5) is 11.4 Å². The highest BCUT2D eigenvalue weighted by Gasteiger charge is 2.01. The highest BCUT2D eigenvalue weighted by atomic mass is 15.4. The predicted molar refractivity (Wildman–Crippen MR) is 48.2 cm³/mol. The average molecular weight is 151 g/mol. The number of nitrogens with zero attached hydrogens (tertiary/aromatic N) is 1. The van der Waals surface area contributed by atoms with Crippen molar-refractivity contribution in [3.05, 3.63) is 23.8 Å². The first kappa shape index (κ1) is 7.88. The van der Waals surface area contributed by atoms with Crippen molar-refractivity contribution in [2.75, 3.05) is 17.8 Å². The van der Waals surface area contributed by atoms with Crippen LogP contribution in [0.2, 0.25) is 0 Å². The number of rotatable bonds is 1. The lowest BCUT2D eigenvalue weighted by molar-refractivity contribution is 1.02. The minimum atomic E-state index is 0.748. The van der Waals surface area contributed by atoms with E-state index in [-0.39, 0.29) is 0 Å². The molecule has 0 saturated heterocycles. The molecule has 1 rings (SSSR count). The molecule has 11 heavy (non-hydrogen) atoms. The van der Waals surface area contributed by atoms with Gasteiger partial charge < -0.3 is 10.7 Å². The summed E-state index contributed by atoms with van der Waals surface area (Å²) in [6.45, 7) is 1.96. The molecule has 0 spiro atoms. The molecule has 0 radical (unpaired) electrons. The third-order valence-electron chi connectivity index (χ3n) is 1.68. The number of nitrogen functional groups attached to an aromatic ring is 1. The first-order valence-electron chi connectivity index (χ1n) is 3.46. The third-order valence-corrected chi connectivity index (χ3v) is 1.68. The molecule has 0 aliphatic heterocycles. The second-order valence-electron chi connectivity index (χ2n) is 2.62. The lowest BCUT2D eigenvalue weighted by Gasteiger charge is -2.15. The third kappa shape index (κ3) is 1.43. The SMILES string of the molecule is Cc1cccc(N(C)N)c1N. The normalized spacial score (nSPS) is 9.73. The number of benzene rings is 1. The molecule has 0 heterocycles. The van der Waals surface area contributed by atoms with E-state index < -0.39 is 0 Å². The van der Waals surface area contributed by atoms with Crippen LogP contribution in [0.15, 0.2) is 18.2 Å². The van der Waals surface area contributed by atoms with E-state index in [1.54, 1.807) is 7.05 Å². The Labute approximate surface area is 66.6 Å². The van der Waals surface area contributed by atoms with Gasteiger partial charge in [0, 0.05) is 7.05 Å². The summed E-state index contributed by atoms with van der Waals surface area (Å²) >= 11 is 0. The second-order valence-corrected chi connectivity index (χ2v) is 2.62. The summed E-state index contributed by atoms with van der Waals surface area (Å²) in [6.07, 6.45) is 0. The molecule has 60 valence electrons. The molecule has 1 aromatic carbocycles. The van der Waals surface area contributed by atoms with Crippen molar-refractivity contribution in [2.45, 2.75) is 6.92 Å². The van der Waals surface area contributed by atoms with Crippen LogP contribution >= 0.6 is 0 Å². The van der Waals surface area contributed by atoms with Crippen LogP contribution in [0.1, 0.15) is 5.56 Å². The smallest absolute Gasteiger partial charge is 0.0746 e. The van der Waals surface area contributed by atoms with Crippen LogP contribution in [-0.2, 0) is 0 Å². The Morgan fingerprint density at radius 2 is 2.00 bits per heavy atom. The maximum absolute atomic E-state index is 5.76. The minimum absolute atomic E-state index is 0.748. The Kier molecular flexibility index (Phi) is 2.01. The first-order chi connectivity index (χ1) is 5.13. The quantitative estimate of drug-likeness (QED) is 0.356. The Hall–Kier alpha value is -1.22. The van der Waals surface area contributed by atoms with Crippen molar-refractivity contribution < 1.29 is 0 Å². The summed E-state index contributed by atoms with van der Waals surface area (Å²) in [5.41, 5.74) is 8.43. The number of hydrazine groups is 1. The van der Waals surface area contributed by atoms with Gasteiger partial charge >= 0.3 is 0 Å². The number of nitrogens with two attached hydrogens (primary N) is 2. The summed E-state index contributed by atoms with van der Waals surface area (Å²) in [6, 6.07) is 5.79. The summed E-state index contributed by atoms with van der Waals surface area (Å²) in [5.74, 6) is 5.54. The summed E-state index contributed by atoms with van der Waals surface area (Å²) in [7, 11) is 1.77. The van der Waals surface area contributed by atoms with Gasteiger partial charge in [-0.05, 0) is 18.6 Å². The van der Waals surface area contributed by atoms with Gasteiger partial charge in [-0.1, -0.05) is 12.1 Å². The second kappa shape index (κ2) is 2.80. The average Bonchev–Trinajstić information content (AvgIpc) is 1.94. The van der Waals surface area contributed by atoms with E-state index in [9.17, 15) is 0 Å². The van der Waals surface area contributed by atoms with Gasteiger partial charge in [-0.2, -0.15) is 0 Å². The lowest BCUT2D eigenvalue weighted by Crippen LogP contribution is -2.26. The summed E-state index contributed by atoms with van der Waals surface area (Å²) in [4.78, 5) is 0. The Morgan fingerprint density at radius 3 is 2.45 bits per heavy atom.